The van der Waals surface area contributed by atoms with Crippen molar-refractivity contribution in [1.29, 1.82) is 0 Å². The van der Waals surface area contributed by atoms with Gasteiger partial charge >= 0.3 is 0 Å². The zero-order valence-corrected chi connectivity index (χ0v) is 22.6. The lowest BCUT2D eigenvalue weighted by Gasteiger charge is -2.05. The normalized spacial score (nSPS) is 12.1. The van der Waals surface area contributed by atoms with Gasteiger partial charge in [0, 0.05) is 17.3 Å². The molecule has 3 aromatic heterocycles. The molecule has 0 fully saturated rings. The van der Waals surface area contributed by atoms with Crippen molar-refractivity contribution in [2.24, 2.45) is 0 Å². The van der Waals surface area contributed by atoms with Crippen molar-refractivity contribution in [3.8, 4) is 22.7 Å². The fourth-order valence-corrected chi connectivity index (χ4v) is 5.49. The molecule has 0 spiro atoms. The number of benzene rings is 3. The Hall–Kier alpha value is -4.34. The van der Waals surface area contributed by atoms with Gasteiger partial charge in [-0.3, -0.25) is 4.79 Å². The Morgan fingerprint density at radius 1 is 0.947 bits per heavy atom. The van der Waals surface area contributed by atoms with Crippen LogP contribution < -0.4 is 14.8 Å². The Morgan fingerprint density at radius 2 is 1.71 bits per heavy atom. The molecule has 0 aliphatic heterocycles. The largest absolute Gasteiger partial charge is 0.496 e. The summed E-state index contributed by atoms with van der Waals surface area (Å²) >= 11 is 4.87. The van der Waals surface area contributed by atoms with Crippen LogP contribution in [0.25, 0.3) is 40.1 Å². The summed E-state index contributed by atoms with van der Waals surface area (Å²) in [5.74, 6) is 1.22. The second-order valence-corrected chi connectivity index (χ2v) is 10.3. The SMILES string of the molecule is COc1ccc(-c2nn(-c3ccccc3)cc2C=c2sc3nc(C=Cc4ccccc4)nn3c2=O)cc1Br. The summed E-state index contributed by atoms with van der Waals surface area (Å²) in [6.07, 6.45) is 7.50. The van der Waals surface area contributed by atoms with E-state index in [1.807, 2.05) is 102 Å². The van der Waals surface area contributed by atoms with Crippen molar-refractivity contribution in [3.05, 3.63) is 121 Å². The van der Waals surface area contributed by atoms with Crippen LogP contribution in [0.15, 0.2) is 94.3 Å². The molecule has 0 saturated carbocycles. The van der Waals surface area contributed by atoms with E-state index >= 15 is 0 Å². The number of halogens is 1. The number of hydrogen-bond donors (Lipinski definition) is 0. The van der Waals surface area contributed by atoms with E-state index in [1.165, 1.54) is 15.9 Å². The summed E-state index contributed by atoms with van der Waals surface area (Å²) in [5.41, 5.74) is 4.17. The predicted molar refractivity (Wildman–Crippen MR) is 155 cm³/mol. The molecule has 38 heavy (non-hydrogen) atoms. The summed E-state index contributed by atoms with van der Waals surface area (Å²) in [7, 11) is 1.63. The Balaban J connectivity index is 1.43. The summed E-state index contributed by atoms with van der Waals surface area (Å²) in [6, 6.07) is 25.5. The number of fused-ring (bicyclic) bond motifs is 1. The average Bonchev–Trinajstić information content (AvgIpc) is 3.63. The van der Waals surface area contributed by atoms with Gasteiger partial charge in [-0.15, -0.1) is 5.10 Å². The van der Waals surface area contributed by atoms with Crippen LogP contribution in [0.2, 0.25) is 0 Å². The maximum atomic E-state index is 13.2. The highest BCUT2D eigenvalue weighted by Crippen LogP contribution is 2.32. The number of aromatic nitrogens is 5. The van der Waals surface area contributed by atoms with Crippen molar-refractivity contribution in [1.82, 2.24) is 24.4 Å². The molecule has 0 amide bonds. The van der Waals surface area contributed by atoms with Crippen LogP contribution in [-0.2, 0) is 0 Å². The molecule has 0 saturated heterocycles. The molecule has 0 aliphatic rings. The van der Waals surface area contributed by atoms with Crippen molar-refractivity contribution < 1.29 is 4.74 Å². The first kappa shape index (κ1) is 24.0. The van der Waals surface area contributed by atoms with Crippen molar-refractivity contribution in [3.63, 3.8) is 0 Å². The number of ether oxygens (including phenoxy) is 1. The minimum absolute atomic E-state index is 0.216. The number of methoxy groups -OCH3 is 1. The summed E-state index contributed by atoms with van der Waals surface area (Å²) < 4.78 is 9.90. The third-order valence-electron chi connectivity index (χ3n) is 5.90. The number of thiazole rings is 1. The quantitative estimate of drug-likeness (QED) is 0.260. The second kappa shape index (κ2) is 10.2. The van der Waals surface area contributed by atoms with Crippen molar-refractivity contribution in [2.75, 3.05) is 7.11 Å². The monoisotopic (exact) mass is 581 g/mol. The van der Waals surface area contributed by atoms with E-state index in [2.05, 4.69) is 26.0 Å². The molecule has 3 heterocycles. The van der Waals surface area contributed by atoms with Gasteiger partial charge < -0.3 is 4.74 Å². The Labute approximate surface area is 230 Å². The topological polar surface area (TPSA) is 74.3 Å². The molecular weight excluding hydrogens is 562 g/mol. The van der Waals surface area contributed by atoms with Gasteiger partial charge in [0.2, 0.25) is 4.96 Å². The molecule has 0 atom stereocenters. The highest BCUT2D eigenvalue weighted by Gasteiger charge is 2.15. The van der Waals surface area contributed by atoms with Gasteiger partial charge in [-0.25, -0.2) is 4.68 Å². The molecule has 0 bridgehead atoms. The van der Waals surface area contributed by atoms with Crippen molar-refractivity contribution >= 4 is 50.5 Å². The lowest BCUT2D eigenvalue weighted by molar-refractivity contribution is 0.412. The maximum absolute atomic E-state index is 13.2. The van der Waals surface area contributed by atoms with E-state index in [0.29, 0.717) is 15.3 Å². The first-order valence-electron chi connectivity index (χ1n) is 11.7. The van der Waals surface area contributed by atoms with Gasteiger partial charge in [0.05, 0.1) is 21.8 Å². The van der Waals surface area contributed by atoms with E-state index in [1.54, 1.807) is 13.2 Å². The highest BCUT2D eigenvalue weighted by atomic mass is 79.9. The minimum Gasteiger partial charge on any atom is -0.496 e. The lowest BCUT2D eigenvalue weighted by atomic mass is 10.1. The Morgan fingerprint density at radius 3 is 2.42 bits per heavy atom. The molecule has 7 nitrogen and oxygen atoms in total. The van der Waals surface area contributed by atoms with Gasteiger partial charge in [0.25, 0.3) is 5.56 Å². The number of hydrogen-bond acceptors (Lipinski definition) is 6. The van der Waals surface area contributed by atoms with E-state index in [9.17, 15) is 4.79 Å². The van der Waals surface area contributed by atoms with Crippen LogP contribution in [0.5, 0.6) is 5.75 Å². The maximum Gasteiger partial charge on any atom is 0.291 e. The number of para-hydroxylation sites is 1. The van der Waals surface area contributed by atoms with E-state index in [4.69, 9.17) is 9.84 Å². The van der Waals surface area contributed by atoms with Crippen LogP contribution >= 0.6 is 27.3 Å². The van der Waals surface area contributed by atoms with Gasteiger partial charge in [0.1, 0.15) is 11.4 Å². The minimum atomic E-state index is -0.216. The molecule has 0 N–H and O–H groups in total. The highest BCUT2D eigenvalue weighted by molar-refractivity contribution is 9.10. The Bertz CT molecular complexity index is 1890. The van der Waals surface area contributed by atoms with E-state index < -0.39 is 0 Å². The standard InChI is InChI=1S/C29H20BrN5O2S/c1-37-24-14-13-20(16-23(24)30)27-21(18-34(33-27)22-10-6-3-7-11-22)17-25-28(36)35-29(38-25)31-26(32-35)15-12-19-8-4-2-5-9-19/h2-18H,1H3. The fourth-order valence-electron chi connectivity index (χ4n) is 4.04. The zero-order valence-electron chi connectivity index (χ0n) is 20.2. The van der Waals surface area contributed by atoms with Gasteiger partial charge in [0.15, 0.2) is 5.82 Å². The fraction of sp³-hybridized carbons (Fsp3) is 0.0345. The molecule has 0 radical (unpaired) electrons. The van der Waals surface area contributed by atoms with Crippen LogP contribution in [0.3, 0.4) is 0 Å². The smallest absolute Gasteiger partial charge is 0.291 e. The van der Waals surface area contributed by atoms with Gasteiger partial charge in [-0.1, -0.05) is 65.9 Å². The molecule has 0 aliphatic carbocycles. The Kier molecular flexibility index (Phi) is 6.45. The van der Waals surface area contributed by atoms with Crippen LogP contribution in [0.4, 0.5) is 0 Å². The summed E-state index contributed by atoms with van der Waals surface area (Å²) in [6.45, 7) is 0. The molecule has 6 aromatic rings. The third-order valence-corrected chi connectivity index (χ3v) is 7.48. The average molecular weight is 582 g/mol. The van der Waals surface area contributed by atoms with Crippen LogP contribution in [0, 0.1) is 0 Å². The first-order chi connectivity index (χ1) is 18.6. The molecule has 186 valence electrons. The van der Waals surface area contributed by atoms with Gasteiger partial charge in [-0.2, -0.15) is 14.6 Å². The summed E-state index contributed by atoms with van der Waals surface area (Å²) in [4.78, 5) is 18.3. The lowest BCUT2D eigenvalue weighted by Crippen LogP contribution is -2.23. The van der Waals surface area contributed by atoms with Crippen LogP contribution in [-0.4, -0.2) is 31.5 Å². The predicted octanol–water partition coefficient (Wildman–Crippen LogP) is 5.49. The zero-order chi connectivity index (χ0) is 26.1. The number of rotatable bonds is 6. The first-order valence-corrected chi connectivity index (χ1v) is 13.3. The van der Waals surface area contributed by atoms with Crippen molar-refractivity contribution in [2.45, 2.75) is 0 Å². The third kappa shape index (κ3) is 4.69. The summed E-state index contributed by atoms with van der Waals surface area (Å²) in [5, 5.41) is 9.27. The molecule has 3 aromatic carbocycles. The van der Waals surface area contributed by atoms with E-state index in [0.717, 1.165) is 38.3 Å². The molecule has 9 heteroatoms. The molecule has 6 rings (SSSR count). The second-order valence-electron chi connectivity index (χ2n) is 8.39. The van der Waals surface area contributed by atoms with Crippen LogP contribution in [0.1, 0.15) is 17.0 Å². The van der Waals surface area contributed by atoms with Gasteiger partial charge in [-0.05, 0) is 64.0 Å². The molecular formula is C29H20BrN5O2S. The van der Waals surface area contributed by atoms with E-state index in [-0.39, 0.29) is 5.56 Å². The molecule has 0 unspecified atom stereocenters. The number of nitrogens with zero attached hydrogens (tertiary/aromatic N) is 5.